The fourth-order valence-electron chi connectivity index (χ4n) is 2.86. The maximum atomic E-state index is 12.9. The highest BCUT2D eigenvalue weighted by molar-refractivity contribution is 9.10. The summed E-state index contributed by atoms with van der Waals surface area (Å²) in [6.45, 7) is 2.00. The molecule has 0 aromatic heterocycles. The minimum atomic E-state index is -0.256. The first-order valence-corrected chi connectivity index (χ1v) is 7.90. The largest absolute Gasteiger partial charge is 0.508 e. The van der Waals surface area contributed by atoms with Crippen molar-refractivity contribution in [3.8, 4) is 11.5 Å². The van der Waals surface area contributed by atoms with Crippen molar-refractivity contribution in [3.05, 3.63) is 52.0 Å². The lowest BCUT2D eigenvalue weighted by Crippen LogP contribution is -2.42. The molecule has 5 heteroatoms. The van der Waals surface area contributed by atoms with Crippen LogP contribution in [0.25, 0.3) is 0 Å². The maximum Gasteiger partial charge on any atom is 0.262 e. The standard InChI is InChI=1S/C17H16BrNO3/c1-10-2-3-11-8-12(18)4-7-15(11)19(10)17(22)14-6-5-13(20)9-16(14)21/h4-10,20-21H,2-3H2,1H3. The van der Waals surface area contributed by atoms with Crippen LogP contribution in [0.1, 0.15) is 29.3 Å². The number of phenols is 2. The van der Waals surface area contributed by atoms with Gasteiger partial charge in [-0.3, -0.25) is 4.79 Å². The average Bonchev–Trinajstić information content (AvgIpc) is 2.47. The Bertz CT molecular complexity index is 745. The minimum absolute atomic E-state index is 0.0504. The number of aromatic hydroxyl groups is 2. The van der Waals surface area contributed by atoms with E-state index in [0.717, 1.165) is 28.6 Å². The summed E-state index contributed by atoms with van der Waals surface area (Å²) in [6.07, 6.45) is 1.79. The van der Waals surface area contributed by atoms with Crippen molar-refractivity contribution in [2.75, 3.05) is 4.90 Å². The monoisotopic (exact) mass is 361 g/mol. The Hall–Kier alpha value is -2.01. The first-order chi connectivity index (χ1) is 10.5. The third kappa shape index (κ3) is 2.57. The summed E-state index contributed by atoms with van der Waals surface area (Å²) >= 11 is 3.46. The summed E-state index contributed by atoms with van der Waals surface area (Å²) in [6, 6.07) is 9.95. The third-order valence-electron chi connectivity index (χ3n) is 4.00. The van der Waals surface area contributed by atoms with Gasteiger partial charge in [0.25, 0.3) is 5.91 Å². The SMILES string of the molecule is CC1CCc2cc(Br)ccc2N1C(=O)c1ccc(O)cc1O. The molecule has 1 unspecified atom stereocenters. The Morgan fingerprint density at radius 2 is 2.00 bits per heavy atom. The molecule has 0 radical (unpaired) electrons. The smallest absolute Gasteiger partial charge is 0.262 e. The highest BCUT2D eigenvalue weighted by atomic mass is 79.9. The van der Waals surface area contributed by atoms with Gasteiger partial charge in [0.2, 0.25) is 0 Å². The van der Waals surface area contributed by atoms with Gasteiger partial charge in [-0.2, -0.15) is 0 Å². The number of carbonyl (C=O) groups is 1. The summed E-state index contributed by atoms with van der Waals surface area (Å²) < 4.78 is 0.987. The molecular weight excluding hydrogens is 346 g/mol. The van der Waals surface area contributed by atoms with Gasteiger partial charge in [-0.15, -0.1) is 0 Å². The molecular formula is C17H16BrNO3. The van der Waals surface area contributed by atoms with Gasteiger partial charge in [0.05, 0.1) is 5.56 Å². The van der Waals surface area contributed by atoms with Crippen LogP contribution in [-0.2, 0) is 6.42 Å². The lowest BCUT2D eigenvalue weighted by atomic mass is 9.95. The van der Waals surface area contributed by atoms with Crippen LogP contribution in [0.15, 0.2) is 40.9 Å². The number of hydrogen-bond donors (Lipinski definition) is 2. The van der Waals surface area contributed by atoms with Crippen LogP contribution in [0.2, 0.25) is 0 Å². The molecule has 0 fully saturated rings. The maximum absolute atomic E-state index is 12.9. The zero-order chi connectivity index (χ0) is 15.9. The summed E-state index contributed by atoms with van der Waals surface area (Å²) in [7, 11) is 0. The predicted molar refractivity (Wildman–Crippen MR) is 88.5 cm³/mol. The highest BCUT2D eigenvalue weighted by Gasteiger charge is 2.30. The normalized spacial score (nSPS) is 17.2. The number of nitrogens with zero attached hydrogens (tertiary/aromatic N) is 1. The second kappa shape index (κ2) is 5.65. The van der Waals surface area contributed by atoms with Crippen molar-refractivity contribution in [2.24, 2.45) is 0 Å². The molecule has 114 valence electrons. The molecule has 1 atom stereocenters. The van der Waals surface area contributed by atoms with Crippen molar-refractivity contribution in [2.45, 2.75) is 25.8 Å². The fraction of sp³-hybridized carbons (Fsp3) is 0.235. The van der Waals surface area contributed by atoms with Gasteiger partial charge >= 0.3 is 0 Å². The molecule has 3 rings (SSSR count). The van der Waals surface area contributed by atoms with Gasteiger partial charge in [0.1, 0.15) is 11.5 Å². The number of phenolic OH excluding ortho intramolecular Hbond substituents is 2. The van der Waals surface area contributed by atoms with Gasteiger partial charge < -0.3 is 15.1 Å². The Kier molecular flexibility index (Phi) is 3.83. The van der Waals surface area contributed by atoms with Crippen molar-refractivity contribution < 1.29 is 15.0 Å². The number of amides is 1. The number of aryl methyl sites for hydroxylation is 1. The van der Waals surface area contributed by atoms with Crippen molar-refractivity contribution in [1.29, 1.82) is 0 Å². The number of hydrogen-bond acceptors (Lipinski definition) is 3. The van der Waals surface area contributed by atoms with E-state index in [9.17, 15) is 15.0 Å². The van der Waals surface area contributed by atoms with Crippen LogP contribution >= 0.6 is 15.9 Å². The predicted octanol–water partition coefficient (Wildman–Crippen LogP) is 3.84. The van der Waals surface area contributed by atoms with Gasteiger partial charge in [-0.05, 0) is 55.7 Å². The highest BCUT2D eigenvalue weighted by Crippen LogP contribution is 2.35. The quantitative estimate of drug-likeness (QED) is 0.810. The van der Waals surface area contributed by atoms with E-state index in [0.29, 0.717) is 0 Å². The first-order valence-electron chi connectivity index (χ1n) is 7.11. The second-order valence-electron chi connectivity index (χ2n) is 5.54. The minimum Gasteiger partial charge on any atom is -0.508 e. The lowest BCUT2D eigenvalue weighted by molar-refractivity contribution is 0.0972. The van der Waals surface area contributed by atoms with E-state index in [2.05, 4.69) is 15.9 Å². The molecule has 0 spiro atoms. The zero-order valence-electron chi connectivity index (χ0n) is 12.1. The van der Waals surface area contributed by atoms with E-state index >= 15 is 0 Å². The van der Waals surface area contributed by atoms with Crippen molar-refractivity contribution >= 4 is 27.5 Å². The van der Waals surface area contributed by atoms with Crippen LogP contribution in [0.5, 0.6) is 11.5 Å². The van der Waals surface area contributed by atoms with E-state index in [-0.39, 0.29) is 29.0 Å². The van der Waals surface area contributed by atoms with Crippen LogP contribution in [-0.4, -0.2) is 22.2 Å². The molecule has 0 bridgehead atoms. The van der Waals surface area contributed by atoms with Crippen LogP contribution in [0.3, 0.4) is 0 Å². The van der Waals surface area contributed by atoms with E-state index in [1.165, 1.54) is 18.2 Å². The number of halogens is 1. The molecule has 1 amide bonds. The van der Waals surface area contributed by atoms with Gasteiger partial charge in [0.15, 0.2) is 0 Å². The van der Waals surface area contributed by atoms with E-state index < -0.39 is 0 Å². The molecule has 1 aliphatic heterocycles. The Morgan fingerprint density at radius 3 is 2.73 bits per heavy atom. The fourth-order valence-corrected chi connectivity index (χ4v) is 3.27. The molecule has 2 aromatic rings. The number of fused-ring (bicyclic) bond motifs is 1. The molecule has 0 saturated heterocycles. The Morgan fingerprint density at radius 1 is 1.23 bits per heavy atom. The molecule has 2 aromatic carbocycles. The zero-order valence-corrected chi connectivity index (χ0v) is 13.7. The van der Waals surface area contributed by atoms with E-state index in [1.807, 2.05) is 25.1 Å². The molecule has 22 heavy (non-hydrogen) atoms. The molecule has 4 nitrogen and oxygen atoms in total. The molecule has 0 saturated carbocycles. The Labute approximate surface area is 137 Å². The van der Waals surface area contributed by atoms with Crippen molar-refractivity contribution in [1.82, 2.24) is 0 Å². The van der Waals surface area contributed by atoms with Gasteiger partial charge in [0, 0.05) is 22.3 Å². The first kappa shape index (κ1) is 14.9. The lowest BCUT2D eigenvalue weighted by Gasteiger charge is -2.35. The van der Waals surface area contributed by atoms with E-state index in [1.54, 1.807) is 4.90 Å². The number of rotatable bonds is 1. The number of anilines is 1. The molecule has 0 aliphatic carbocycles. The van der Waals surface area contributed by atoms with Gasteiger partial charge in [-0.1, -0.05) is 15.9 Å². The molecule has 2 N–H and O–H groups in total. The summed E-state index contributed by atoms with van der Waals surface area (Å²) in [4.78, 5) is 14.6. The van der Waals surface area contributed by atoms with Crippen molar-refractivity contribution in [3.63, 3.8) is 0 Å². The molecule has 1 aliphatic rings. The third-order valence-corrected chi connectivity index (χ3v) is 4.50. The van der Waals surface area contributed by atoms with Gasteiger partial charge in [-0.25, -0.2) is 0 Å². The summed E-state index contributed by atoms with van der Waals surface area (Å²) in [5, 5.41) is 19.3. The Balaban J connectivity index is 2.05. The average molecular weight is 362 g/mol. The van der Waals surface area contributed by atoms with E-state index in [4.69, 9.17) is 0 Å². The van der Waals surface area contributed by atoms with Crippen LogP contribution in [0.4, 0.5) is 5.69 Å². The topological polar surface area (TPSA) is 60.8 Å². The summed E-state index contributed by atoms with van der Waals surface area (Å²) in [5.74, 6) is -0.528. The number of carbonyl (C=O) groups excluding carboxylic acids is 1. The second-order valence-corrected chi connectivity index (χ2v) is 6.45. The molecule has 1 heterocycles. The summed E-state index contributed by atoms with van der Waals surface area (Å²) in [5.41, 5.74) is 2.18. The number of benzene rings is 2. The van der Waals surface area contributed by atoms with Crippen LogP contribution < -0.4 is 4.90 Å². The van der Waals surface area contributed by atoms with Crippen LogP contribution in [0, 0.1) is 0 Å².